The van der Waals surface area contributed by atoms with E-state index in [9.17, 15) is 4.79 Å². The summed E-state index contributed by atoms with van der Waals surface area (Å²) in [6, 6.07) is 5.58. The van der Waals surface area contributed by atoms with Crippen molar-refractivity contribution in [3.63, 3.8) is 0 Å². The van der Waals surface area contributed by atoms with Gasteiger partial charge in [-0.3, -0.25) is 9.78 Å². The summed E-state index contributed by atoms with van der Waals surface area (Å²) in [6.45, 7) is 0. The summed E-state index contributed by atoms with van der Waals surface area (Å²) in [5, 5.41) is 0.291. The van der Waals surface area contributed by atoms with Crippen molar-refractivity contribution < 1.29 is 0 Å². The molecular formula is C15H11N3OS. The van der Waals surface area contributed by atoms with Gasteiger partial charge in [0, 0.05) is 23.1 Å². The Balaban J connectivity index is 1.88. The van der Waals surface area contributed by atoms with Gasteiger partial charge in [0.05, 0.1) is 4.90 Å². The van der Waals surface area contributed by atoms with Gasteiger partial charge >= 0.3 is 0 Å². The number of rotatable bonds is 1. The molecule has 2 aromatic rings. The molecule has 0 saturated heterocycles. The molecule has 2 aromatic heterocycles. The van der Waals surface area contributed by atoms with Gasteiger partial charge in [0.1, 0.15) is 5.69 Å². The summed E-state index contributed by atoms with van der Waals surface area (Å²) in [7, 11) is 0. The van der Waals surface area contributed by atoms with Crippen LogP contribution in [0.15, 0.2) is 58.4 Å². The predicted molar refractivity (Wildman–Crippen MR) is 78.8 cm³/mol. The van der Waals surface area contributed by atoms with E-state index in [-0.39, 0.29) is 11.5 Å². The number of pyridine rings is 1. The molecule has 4 nitrogen and oxygen atoms in total. The number of hydrogen-bond acceptors (Lipinski definition) is 4. The van der Waals surface area contributed by atoms with Crippen LogP contribution in [0.5, 0.6) is 0 Å². The van der Waals surface area contributed by atoms with Crippen molar-refractivity contribution in [3.8, 4) is 11.5 Å². The highest BCUT2D eigenvalue weighted by molar-refractivity contribution is 8.00. The first-order chi connectivity index (χ1) is 9.83. The van der Waals surface area contributed by atoms with E-state index < -0.39 is 0 Å². The lowest BCUT2D eigenvalue weighted by molar-refractivity contribution is 0.818. The second-order valence-electron chi connectivity index (χ2n) is 4.73. The van der Waals surface area contributed by atoms with Crippen LogP contribution >= 0.6 is 11.8 Å². The topological polar surface area (TPSA) is 58.6 Å². The Morgan fingerprint density at radius 1 is 1.20 bits per heavy atom. The normalized spacial score (nSPS) is 22.6. The molecule has 0 radical (unpaired) electrons. The number of nitrogens with zero attached hydrogens (tertiary/aromatic N) is 2. The average Bonchev–Trinajstić information content (AvgIpc) is 2.88. The summed E-state index contributed by atoms with van der Waals surface area (Å²) < 4.78 is 0. The van der Waals surface area contributed by atoms with Gasteiger partial charge in [0.15, 0.2) is 5.82 Å². The zero-order chi connectivity index (χ0) is 13.5. The van der Waals surface area contributed by atoms with Crippen LogP contribution in [0, 0.1) is 0 Å². The molecule has 0 bridgehead atoms. The molecule has 0 saturated carbocycles. The second kappa shape index (κ2) is 4.45. The molecule has 0 aromatic carbocycles. The predicted octanol–water partition coefficient (Wildman–Crippen LogP) is 2.52. The van der Waals surface area contributed by atoms with E-state index in [0.29, 0.717) is 16.8 Å². The standard InChI is InChI=1S/C15H11N3OS/c19-15-13-12(9-5-1-2-7-11(9)20-13)17-14(18-15)10-6-3-4-8-16-10/h1-9,11H,(H,17,18,19). The smallest absolute Gasteiger partial charge is 0.287 e. The molecule has 3 heterocycles. The maximum absolute atomic E-state index is 12.2. The minimum Gasteiger partial charge on any atom is -0.340 e. The van der Waals surface area contributed by atoms with Crippen LogP contribution in [-0.2, 0) is 0 Å². The molecule has 2 aliphatic rings. The third-order valence-corrected chi connectivity index (χ3v) is 4.84. The van der Waals surface area contributed by atoms with Crippen LogP contribution in [0.3, 0.4) is 0 Å². The number of thioether (sulfide) groups is 1. The van der Waals surface area contributed by atoms with E-state index in [2.05, 4.69) is 27.1 Å². The van der Waals surface area contributed by atoms with Crippen molar-refractivity contribution in [3.05, 3.63) is 64.7 Å². The summed E-state index contributed by atoms with van der Waals surface area (Å²) in [6.07, 6.45) is 10.0. The van der Waals surface area contributed by atoms with Crippen LogP contribution in [0.4, 0.5) is 0 Å². The minimum atomic E-state index is -0.166. The number of nitrogens with one attached hydrogen (secondary N) is 1. The quantitative estimate of drug-likeness (QED) is 0.872. The maximum atomic E-state index is 12.2. The zero-order valence-electron chi connectivity index (χ0n) is 10.5. The van der Waals surface area contributed by atoms with E-state index in [1.165, 1.54) is 0 Å². The number of hydrogen-bond donors (Lipinski definition) is 1. The van der Waals surface area contributed by atoms with E-state index in [1.54, 1.807) is 18.0 Å². The molecule has 0 amide bonds. The Morgan fingerprint density at radius 2 is 2.10 bits per heavy atom. The van der Waals surface area contributed by atoms with Gasteiger partial charge in [-0.1, -0.05) is 30.4 Å². The van der Waals surface area contributed by atoms with E-state index in [1.807, 2.05) is 30.4 Å². The van der Waals surface area contributed by atoms with Crippen LogP contribution < -0.4 is 5.56 Å². The number of H-pyrrole nitrogens is 1. The van der Waals surface area contributed by atoms with Gasteiger partial charge in [0.25, 0.3) is 5.56 Å². The maximum Gasteiger partial charge on any atom is 0.287 e. The van der Waals surface area contributed by atoms with Crippen LogP contribution in [-0.4, -0.2) is 20.2 Å². The molecule has 1 aliphatic heterocycles. The number of aromatic amines is 1. The first kappa shape index (κ1) is 11.7. The summed E-state index contributed by atoms with van der Waals surface area (Å²) >= 11 is 1.59. The first-order valence-electron chi connectivity index (χ1n) is 6.40. The van der Waals surface area contributed by atoms with Crippen molar-refractivity contribution in [2.24, 2.45) is 0 Å². The van der Waals surface area contributed by atoms with Gasteiger partial charge < -0.3 is 4.98 Å². The molecule has 0 spiro atoms. The third kappa shape index (κ3) is 1.74. The molecule has 0 fully saturated rings. The Kier molecular flexibility index (Phi) is 2.60. The van der Waals surface area contributed by atoms with Crippen molar-refractivity contribution in [1.82, 2.24) is 15.0 Å². The Hall–Kier alpha value is -2.14. The monoisotopic (exact) mass is 281 g/mol. The SMILES string of the molecule is O=c1nc(-c2ccccn2)[nH]c2c1SC1C=CC=CC21. The lowest BCUT2D eigenvalue weighted by Gasteiger charge is -2.14. The summed E-state index contributed by atoms with van der Waals surface area (Å²) in [5.41, 5.74) is 1.48. The third-order valence-electron chi connectivity index (χ3n) is 3.48. The van der Waals surface area contributed by atoms with Gasteiger partial charge in [-0.25, -0.2) is 0 Å². The molecule has 5 heteroatoms. The fourth-order valence-electron chi connectivity index (χ4n) is 2.55. The fraction of sp³-hybridized carbons (Fsp3) is 0.133. The van der Waals surface area contributed by atoms with Crippen LogP contribution in [0.1, 0.15) is 11.6 Å². The molecule has 98 valence electrons. The average molecular weight is 281 g/mol. The highest BCUT2D eigenvalue weighted by Crippen LogP contribution is 2.45. The second-order valence-corrected chi connectivity index (χ2v) is 5.91. The van der Waals surface area contributed by atoms with Crippen LogP contribution in [0.2, 0.25) is 0 Å². The van der Waals surface area contributed by atoms with E-state index in [4.69, 9.17) is 0 Å². The highest BCUT2D eigenvalue weighted by atomic mass is 32.2. The first-order valence-corrected chi connectivity index (χ1v) is 7.28. The molecule has 2 atom stereocenters. The Labute approximate surface area is 119 Å². The zero-order valence-corrected chi connectivity index (χ0v) is 11.3. The highest BCUT2D eigenvalue weighted by Gasteiger charge is 2.34. The van der Waals surface area contributed by atoms with Crippen molar-refractivity contribution >= 4 is 11.8 Å². The lowest BCUT2D eigenvalue weighted by atomic mass is 9.97. The fourth-order valence-corrected chi connectivity index (χ4v) is 3.82. The number of allylic oxidation sites excluding steroid dienone is 3. The van der Waals surface area contributed by atoms with Crippen molar-refractivity contribution in [2.75, 3.05) is 0 Å². The largest absolute Gasteiger partial charge is 0.340 e. The molecule has 2 unspecified atom stereocenters. The Morgan fingerprint density at radius 3 is 2.95 bits per heavy atom. The van der Waals surface area contributed by atoms with E-state index in [0.717, 1.165) is 10.6 Å². The summed E-state index contributed by atoms with van der Waals surface area (Å²) in [5.74, 6) is 0.761. The minimum absolute atomic E-state index is 0.166. The number of fused-ring (bicyclic) bond motifs is 3. The molecule has 1 N–H and O–H groups in total. The lowest BCUT2D eigenvalue weighted by Crippen LogP contribution is -2.14. The summed E-state index contributed by atoms with van der Waals surface area (Å²) in [4.78, 5) is 24.6. The van der Waals surface area contributed by atoms with Crippen molar-refractivity contribution in [2.45, 2.75) is 16.1 Å². The molecule has 1 aliphatic carbocycles. The van der Waals surface area contributed by atoms with E-state index >= 15 is 0 Å². The van der Waals surface area contributed by atoms with Gasteiger partial charge in [0.2, 0.25) is 0 Å². The number of aromatic nitrogens is 3. The Bertz CT molecular complexity index is 779. The molecular weight excluding hydrogens is 270 g/mol. The van der Waals surface area contributed by atoms with Gasteiger partial charge in [-0.15, -0.1) is 11.8 Å². The van der Waals surface area contributed by atoms with Crippen molar-refractivity contribution in [1.29, 1.82) is 0 Å². The molecule has 4 rings (SSSR count). The van der Waals surface area contributed by atoms with Gasteiger partial charge in [-0.05, 0) is 12.1 Å². The van der Waals surface area contributed by atoms with Gasteiger partial charge in [-0.2, -0.15) is 4.98 Å². The molecule has 20 heavy (non-hydrogen) atoms. The van der Waals surface area contributed by atoms with Crippen LogP contribution in [0.25, 0.3) is 11.5 Å².